The van der Waals surface area contributed by atoms with Crippen LogP contribution < -0.4 is 10.2 Å². The van der Waals surface area contributed by atoms with Gasteiger partial charge in [0.25, 0.3) is 5.91 Å². The summed E-state index contributed by atoms with van der Waals surface area (Å²) >= 11 is 0. The number of anilines is 1. The van der Waals surface area contributed by atoms with Crippen LogP contribution in [0.15, 0.2) is 24.3 Å². The molecule has 4 atom stereocenters. The zero-order chi connectivity index (χ0) is 20.3. The highest BCUT2D eigenvalue weighted by Gasteiger charge is 2.31. The average Bonchev–Trinajstić information content (AvgIpc) is 3.11. The van der Waals surface area contributed by atoms with Crippen LogP contribution in [0.25, 0.3) is 0 Å². The third-order valence-electron chi connectivity index (χ3n) is 6.18. The van der Waals surface area contributed by atoms with Crippen molar-refractivity contribution in [3.8, 4) is 0 Å². The van der Waals surface area contributed by atoms with Crippen LogP contribution >= 0.6 is 0 Å². The van der Waals surface area contributed by atoms with Gasteiger partial charge in [0.2, 0.25) is 5.91 Å². The van der Waals surface area contributed by atoms with Gasteiger partial charge in [0.05, 0.1) is 11.3 Å². The van der Waals surface area contributed by atoms with Crippen molar-refractivity contribution < 1.29 is 19.1 Å². The van der Waals surface area contributed by atoms with E-state index in [1.54, 1.807) is 36.1 Å². The lowest BCUT2D eigenvalue weighted by Gasteiger charge is -2.35. The lowest BCUT2D eigenvalue weighted by Crippen LogP contribution is -2.47. The second kappa shape index (κ2) is 8.76. The summed E-state index contributed by atoms with van der Waals surface area (Å²) in [4.78, 5) is 39.0. The van der Waals surface area contributed by atoms with Crippen LogP contribution in [0.1, 0.15) is 63.2 Å². The first-order valence-electron chi connectivity index (χ1n) is 10.3. The topological polar surface area (TPSA) is 75.7 Å². The summed E-state index contributed by atoms with van der Waals surface area (Å²) in [5, 5.41) is 3.05. The Morgan fingerprint density at radius 3 is 2.64 bits per heavy atom. The predicted molar refractivity (Wildman–Crippen MR) is 107 cm³/mol. The quantitative estimate of drug-likeness (QED) is 0.788. The highest BCUT2D eigenvalue weighted by Crippen LogP contribution is 2.30. The monoisotopic (exact) mass is 386 g/mol. The van der Waals surface area contributed by atoms with Crippen molar-refractivity contribution in [2.24, 2.45) is 11.8 Å². The minimum atomic E-state index is -0.890. The number of amides is 2. The first-order chi connectivity index (χ1) is 13.4. The van der Waals surface area contributed by atoms with Gasteiger partial charge in [-0.15, -0.1) is 0 Å². The number of nitrogens with zero attached hydrogens (tertiary/aromatic N) is 1. The number of hydrogen-bond donors (Lipinski definition) is 1. The highest BCUT2D eigenvalue weighted by molar-refractivity contribution is 6.04. The molecule has 2 aliphatic rings. The van der Waals surface area contributed by atoms with Crippen molar-refractivity contribution in [1.82, 2.24) is 5.32 Å². The van der Waals surface area contributed by atoms with Crippen molar-refractivity contribution in [2.75, 3.05) is 11.4 Å². The van der Waals surface area contributed by atoms with Crippen molar-refractivity contribution in [3.63, 3.8) is 0 Å². The van der Waals surface area contributed by atoms with E-state index in [1.807, 2.05) is 0 Å². The summed E-state index contributed by atoms with van der Waals surface area (Å²) in [5.74, 6) is 0.132. The van der Waals surface area contributed by atoms with Gasteiger partial charge in [-0.05, 0) is 43.7 Å². The van der Waals surface area contributed by atoms with Crippen molar-refractivity contribution in [3.05, 3.63) is 29.8 Å². The van der Waals surface area contributed by atoms with Gasteiger partial charge in [-0.3, -0.25) is 9.59 Å². The van der Waals surface area contributed by atoms with Gasteiger partial charge in [0, 0.05) is 19.0 Å². The number of benzene rings is 1. The number of ether oxygens (including phenoxy) is 1. The molecule has 0 spiro atoms. The summed E-state index contributed by atoms with van der Waals surface area (Å²) in [6, 6.07) is 7.02. The molecule has 0 aromatic heterocycles. The largest absolute Gasteiger partial charge is 0.449 e. The number of carbonyl (C=O) groups excluding carboxylic acids is 3. The lowest BCUT2D eigenvalue weighted by atomic mass is 9.78. The van der Waals surface area contributed by atoms with E-state index in [-0.39, 0.29) is 17.9 Å². The van der Waals surface area contributed by atoms with Crippen LogP contribution in [0.2, 0.25) is 0 Å². The molecule has 6 heteroatoms. The van der Waals surface area contributed by atoms with Gasteiger partial charge in [-0.1, -0.05) is 38.8 Å². The zero-order valence-electron chi connectivity index (χ0n) is 16.9. The SMILES string of the molecule is C[C@@H]1[C@H](C)CCC[C@H]1NC(=O)[C@@H](C)OC(=O)c1ccccc1N1CCCC1=O. The summed E-state index contributed by atoms with van der Waals surface area (Å²) in [6.07, 6.45) is 3.61. The molecule has 2 fully saturated rings. The Morgan fingerprint density at radius 1 is 1.18 bits per heavy atom. The lowest BCUT2D eigenvalue weighted by molar-refractivity contribution is -0.130. The zero-order valence-corrected chi connectivity index (χ0v) is 16.9. The molecule has 2 amide bonds. The molecule has 1 aliphatic carbocycles. The molecule has 1 aromatic carbocycles. The molecule has 1 aliphatic heterocycles. The minimum Gasteiger partial charge on any atom is -0.449 e. The molecule has 0 radical (unpaired) electrons. The molecule has 1 saturated heterocycles. The van der Waals surface area contributed by atoms with Gasteiger partial charge in [0.15, 0.2) is 6.10 Å². The summed E-state index contributed by atoms with van der Waals surface area (Å²) in [6.45, 7) is 6.56. The Labute approximate surface area is 166 Å². The molecule has 28 heavy (non-hydrogen) atoms. The normalized spacial score (nSPS) is 26.0. The summed E-state index contributed by atoms with van der Waals surface area (Å²) in [7, 11) is 0. The van der Waals surface area contributed by atoms with Crippen molar-refractivity contribution >= 4 is 23.5 Å². The van der Waals surface area contributed by atoms with Gasteiger partial charge < -0.3 is 15.0 Å². The molecule has 3 rings (SSSR count). The van der Waals surface area contributed by atoms with Crippen molar-refractivity contribution in [2.45, 2.75) is 65.0 Å². The fourth-order valence-corrected chi connectivity index (χ4v) is 4.15. The first-order valence-corrected chi connectivity index (χ1v) is 10.3. The van der Waals surface area contributed by atoms with E-state index >= 15 is 0 Å². The van der Waals surface area contributed by atoms with E-state index in [0.717, 1.165) is 19.3 Å². The Balaban J connectivity index is 1.64. The fourth-order valence-electron chi connectivity index (χ4n) is 4.15. The van der Waals surface area contributed by atoms with E-state index < -0.39 is 12.1 Å². The van der Waals surface area contributed by atoms with Gasteiger partial charge in [-0.2, -0.15) is 0 Å². The third kappa shape index (κ3) is 4.37. The average molecular weight is 386 g/mol. The number of nitrogens with one attached hydrogen (secondary N) is 1. The van der Waals surface area contributed by atoms with E-state index in [2.05, 4.69) is 19.2 Å². The first kappa shape index (κ1) is 20.4. The smallest absolute Gasteiger partial charge is 0.341 e. The minimum absolute atomic E-state index is 0.00597. The van der Waals surface area contributed by atoms with E-state index in [4.69, 9.17) is 4.74 Å². The van der Waals surface area contributed by atoms with Gasteiger partial charge in [-0.25, -0.2) is 4.79 Å². The Kier molecular flexibility index (Phi) is 6.37. The molecule has 6 nitrogen and oxygen atoms in total. The predicted octanol–water partition coefficient (Wildman–Crippen LogP) is 3.30. The van der Waals surface area contributed by atoms with Crippen LogP contribution in [-0.2, 0) is 14.3 Å². The molecule has 1 aromatic rings. The Hall–Kier alpha value is -2.37. The maximum atomic E-state index is 12.7. The Morgan fingerprint density at radius 2 is 1.93 bits per heavy atom. The maximum Gasteiger partial charge on any atom is 0.341 e. The number of para-hydroxylation sites is 1. The maximum absolute atomic E-state index is 12.7. The van der Waals surface area contributed by atoms with Gasteiger partial charge >= 0.3 is 5.97 Å². The molecule has 0 unspecified atom stereocenters. The summed E-state index contributed by atoms with van der Waals surface area (Å²) < 4.78 is 5.45. The fraction of sp³-hybridized carbons (Fsp3) is 0.591. The number of esters is 1. The second-order valence-electron chi connectivity index (χ2n) is 8.10. The molecular formula is C22H30N2O4. The molecule has 1 saturated carbocycles. The third-order valence-corrected chi connectivity index (χ3v) is 6.18. The van der Waals surface area contributed by atoms with Crippen LogP contribution in [0.4, 0.5) is 5.69 Å². The molecule has 1 heterocycles. The van der Waals surface area contributed by atoms with E-state index in [9.17, 15) is 14.4 Å². The number of carbonyl (C=O) groups is 3. The van der Waals surface area contributed by atoms with Crippen LogP contribution in [0.3, 0.4) is 0 Å². The van der Waals surface area contributed by atoms with Crippen LogP contribution in [0, 0.1) is 11.8 Å². The Bertz CT molecular complexity index is 748. The summed E-state index contributed by atoms with van der Waals surface area (Å²) in [5.41, 5.74) is 0.870. The van der Waals surface area contributed by atoms with Gasteiger partial charge in [0.1, 0.15) is 0 Å². The van der Waals surface area contributed by atoms with E-state index in [0.29, 0.717) is 36.1 Å². The second-order valence-corrected chi connectivity index (χ2v) is 8.10. The number of rotatable bonds is 5. The standard InChI is InChI=1S/C22H30N2O4/c1-14-8-6-10-18(15(14)2)23-21(26)16(3)28-22(27)17-9-4-5-11-19(17)24-13-7-12-20(24)25/h4-5,9,11,14-16,18H,6-8,10,12-13H2,1-3H3,(H,23,26)/t14-,15-,16-,18-/m1/s1. The van der Waals surface area contributed by atoms with Crippen LogP contribution in [0.5, 0.6) is 0 Å². The van der Waals surface area contributed by atoms with E-state index in [1.165, 1.54) is 6.42 Å². The molecular weight excluding hydrogens is 356 g/mol. The molecule has 152 valence electrons. The van der Waals surface area contributed by atoms with Crippen molar-refractivity contribution in [1.29, 1.82) is 0 Å². The molecule has 1 N–H and O–H groups in total. The van der Waals surface area contributed by atoms with Crippen LogP contribution in [-0.4, -0.2) is 36.5 Å². The number of hydrogen-bond acceptors (Lipinski definition) is 4. The molecule has 0 bridgehead atoms. The highest BCUT2D eigenvalue weighted by atomic mass is 16.5.